The van der Waals surface area contributed by atoms with Crippen LogP contribution in [0, 0.1) is 0 Å². The van der Waals surface area contributed by atoms with Crippen LogP contribution < -0.4 is 0 Å². The van der Waals surface area contributed by atoms with E-state index in [1.54, 1.807) is 6.20 Å². The molecule has 0 aliphatic heterocycles. The number of nitrogens with zero attached hydrogens (tertiary/aromatic N) is 5. The van der Waals surface area contributed by atoms with Crippen LogP contribution in [0.2, 0.25) is 0 Å². The maximum absolute atomic E-state index is 4.58. The monoisotopic (exact) mass is 317 g/mol. The molecule has 6 heteroatoms. The smallest absolute Gasteiger partial charge is 0.183 e. The molecular weight excluding hydrogens is 306 g/mol. The van der Waals surface area contributed by atoms with Gasteiger partial charge in [0.15, 0.2) is 11.5 Å². The largest absolute Gasteiger partial charge is 0.301 e. The first-order valence-electron chi connectivity index (χ1n) is 6.37. The summed E-state index contributed by atoms with van der Waals surface area (Å²) >= 11 is 3.46. The van der Waals surface area contributed by atoms with E-state index in [4.69, 9.17) is 0 Å². The Bertz CT molecular complexity index is 758. The van der Waals surface area contributed by atoms with Gasteiger partial charge in [0.25, 0.3) is 0 Å². The van der Waals surface area contributed by atoms with Crippen LogP contribution in [0.25, 0.3) is 11.5 Å². The molecule has 1 aliphatic rings. The minimum atomic E-state index is 0.797. The van der Waals surface area contributed by atoms with Gasteiger partial charge in [-0.15, -0.1) is 0 Å². The Hall–Kier alpha value is -1.69. The van der Waals surface area contributed by atoms with Crippen molar-refractivity contribution in [2.45, 2.75) is 25.7 Å². The van der Waals surface area contributed by atoms with Crippen LogP contribution in [0.5, 0.6) is 0 Å². The summed E-state index contributed by atoms with van der Waals surface area (Å²) in [7, 11) is 0. The van der Waals surface area contributed by atoms with Gasteiger partial charge in [0.05, 0.1) is 5.69 Å². The number of halogens is 1. The molecule has 0 bridgehead atoms. The van der Waals surface area contributed by atoms with E-state index in [2.05, 4.69) is 35.4 Å². The van der Waals surface area contributed by atoms with E-state index in [1.807, 2.05) is 23.1 Å². The topological polar surface area (TPSA) is 48.0 Å². The Labute approximate surface area is 118 Å². The molecule has 0 saturated carbocycles. The van der Waals surface area contributed by atoms with Crippen molar-refractivity contribution in [2.75, 3.05) is 0 Å². The SMILES string of the molecule is Brc1cn2ccnc2c(-n2cnc3c2CCCC3)n1. The number of rotatable bonds is 1. The van der Waals surface area contributed by atoms with Crippen molar-refractivity contribution < 1.29 is 0 Å². The predicted octanol–water partition coefficient (Wildman–Crippen LogP) is 2.56. The van der Waals surface area contributed by atoms with Crippen LogP contribution in [0.1, 0.15) is 24.2 Å². The van der Waals surface area contributed by atoms with E-state index in [9.17, 15) is 0 Å². The second-order valence-electron chi connectivity index (χ2n) is 4.76. The molecule has 0 N–H and O–H groups in total. The van der Waals surface area contributed by atoms with Crippen LogP contribution in [0.15, 0.2) is 29.5 Å². The van der Waals surface area contributed by atoms with Crippen LogP contribution in [0.4, 0.5) is 0 Å². The minimum absolute atomic E-state index is 0.797. The normalized spacial score (nSPS) is 14.8. The van der Waals surface area contributed by atoms with E-state index in [-0.39, 0.29) is 0 Å². The molecule has 1 aliphatic carbocycles. The fourth-order valence-electron chi connectivity index (χ4n) is 2.70. The van der Waals surface area contributed by atoms with Crippen LogP contribution in [0.3, 0.4) is 0 Å². The Kier molecular flexibility index (Phi) is 2.44. The van der Waals surface area contributed by atoms with Crippen molar-refractivity contribution in [1.29, 1.82) is 0 Å². The molecule has 0 amide bonds. The van der Waals surface area contributed by atoms with Crippen molar-refractivity contribution in [3.05, 3.63) is 40.9 Å². The third-order valence-electron chi connectivity index (χ3n) is 3.59. The van der Waals surface area contributed by atoms with Crippen molar-refractivity contribution in [2.24, 2.45) is 0 Å². The fourth-order valence-corrected chi connectivity index (χ4v) is 3.09. The van der Waals surface area contributed by atoms with Gasteiger partial charge < -0.3 is 4.40 Å². The van der Waals surface area contributed by atoms with Gasteiger partial charge in [0.2, 0.25) is 0 Å². The number of fused-ring (bicyclic) bond motifs is 2. The standard InChI is InChI=1S/C13H12BrN5/c14-11-7-18-6-5-15-12(18)13(17-11)19-8-16-9-3-1-2-4-10(9)19/h5-8H,1-4H2. The lowest BCUT2D eigenvalue weighted by atomic mass is 10.0. The molecule has 0 fully saturated rings. The van der Waals surface area contributed by atoms with E-state index in [1.165, 1.54) is 24.2 Å². The van der Waals surface area contributed by atoms with E-state index in [0.29, 0.717) is 0 Å². The first-order chi connectivity index (χ1) is 9.33. The van der Waals surface area contributed by atoms with Gasteiger partial charge >= 0.3 is 0 Å². The Morgan fingerprint density at radius 2 is 2.05 bits per heavy atom. The van der Waals surface area contributed by atoms with E-state index < -0.39 is 0 Å². The molecular formula is C13H12BrN5. The minimum Gasteiger partial charge on any atom is -0.301 e. The maximum Gasteiger partial charge on any atom is 0.183 e. The second kappa shape index (κ2) is 4.16. The molecule has 0 unspecified atom stereocenters. The maximum atomic E-state index is 4.58. The Morgan fingerprint density at radius 3 is 3.00 bits per heavy atom. The summed E-state index contributed by atoms with van der Waals surface area (Å²) in [5.74, 6) is 0.843. The summed E-state index contributed by atoms with van der Waals surface area (Å²) in [5.41, 5.74) is 3.34. The summed E-state index contributed by atoms with van der Waals surface area (Å²) in [6, 6.07) is 0. The zero-order chi connectivity index (χ0) is 12.8. The average Bonchev–Trinajstić information content (AvgIpc) is 3.03. The quantitative estimate of drug-likeness (QED) is 0.693. The molecule has 19 heavy (non-hydrogen) atoms. The highest BCUT2D eigenvalue weighted by molar-refractivity contribution is 9.10. The molecule has 0 spiro atoms. The first-order valence-corrected chi connectivity index (χ1v) is 7.17. The number of hydrogen-bond acceptors (Lipinski definition) is 3. The zero-order valence-corrected chi connectivity index (χ0v) is 11.8. The van der Waals surface area contributed by atoms with Gasteiger partial charge in [-0.3, -0.25) is 4.57 Å². The van der Waals surface area contributed by atoms with Gasteiger partial charge in [-0.1, -0.05) is 0 Å². The molecule has 0 saturated heterocycles. The zero-order valence-electron chi connectivity index (χ0n) is 10.3. The summed E-state index contributed by atoms with van der Waals surface area (Å²) in [6.07, 6.45) is 12.1. The number of hydrogen-bond donors (Lipinski definition) is 0. The van der Waals surface area contributed by atoms with Crippen LogP contribution in [-0.2, 0) is 12.8 Å². The molecule has 0 atom stereocenters. The van der Waals surface area contributed by atoms with Crippen molar-refractivity contribution >= 4 is 21.6 Å². The van der Waals surface area contributed by atoms with Crippen molar-refractivity contribution in [3.8, 4) is 5.82 Å². The fraction of sp³-hybridized carbons (Fsp3) is 0.308. The van der Waals surface area contributed by atoms with Gasteiger partial charge in [-0.25, -0.2) is 15.0 Å². The second-order valence-corrected chi connectivity index (χ2v) is 5.57. The number of imidazole rings is 2. The molecule has 4 rings (SSSR count). The summed E-state index contributed by atoms with van der Waals surface area (Å²) in [4.78, 5) is 13.5. The van der Waals surface area contributed by atoms with Crippen molar-refractivity contribution in [1.82, 2.24) is 23.9 Å². The van der Waals surface area contributed by atoms with Crippen molar-refractivity contribution in [3.63, 3.8) is 0 Å². The molecule has 3 heterocycles. The lowest BCUT2D eigenvalue weighted by Gasteiger charge is -2.14. The lowest BCUT2D eigenvalue weighted by Crippen LogP contribution is -2.09. The summed E-state index contributed by atoms with van der Waals surface area (Å²) in [6.45, 7) is 0. The Balaban J connectivity index is 1.99. The molecule has 0 radical (unpaired) electrons. The summed E-state index contributed by atoms with van der Waals surface area (Å²) in [5, 5.41) is 0. The van der Waals surface area contributed by atoms with E-state index >= 15 is 0 Å². The molecule has 96 valence electrons. The average molecular weight is 318 g/mol. The number of aryl methyl sites for hydroxylation is 1. The molecule has 3 aromatic heterocycles. The van der Waals surface area contributed by atoms with Gasteiger partial charge in [0.1, 0.15) is 10.9 Å². The third-order valence-corrected chi connectivity index (χ3v) is 3.97. The highest BCUT2D eigenvalue weighted by Crippen LogP contribution is 2.24. The Morgan fingerprint density at radius 1 is 1.16 bits per heavy atom. The number of aromatic nitrogens is 5. The first kappa shape index (κ1) is 11.2. The lowest BCUT2D eigenvalue weighted by molar-refractivity contribution is 0.654. The highest BCUT2D eigenvalue weighted by Gasteiger charge is 2.19. The van der Waals surface area contributed by atoms with Gasteiger partial charge in [-0.2, -0.15) is 0 Å². The predicted molar refractivity (Wildman–Crippen MR) is 74.5 cm³/mol. The van der Waals surface area contributed by atoms with Gasteiger partial charge in [0, 0.05) is 24.3 Å². The van der Waals surface area contributed by atoms with Gasteiger partial charge in [-0.05, 0) is 41.6 Å². The van der Waals surface area contributed by atoms with E-state index in [0.717, 1.165) is 28.9 Å². The van der Waals surface area contributed by atoms with Crippen LogP contribution in [-0.4, -0.2) is 23.9 Å². The molecule has 0 aromatic carbocycles. The third kappa shape index (κ3) is 1.70. The van der Waals surface area contributed by atoms with Crippen LogP contribution >= 0.6 is 15.9 Å². The molecule has 3 aromatic rings. The molecule has 5 nitrogen and oxygen atoms in total. The summed E-state index contributed by atoms with van der Waals surface area (Å²) < 4.78 is 4.86. The highest BCUT2D eigenvalue weighted by atomic mass is 79.9.